The Kier molecular flexibility index (Phi) is 7.42. The number of aliphatic hydroxyl groups is 1. The van der Waals surface area contributed by atoms with Gasteiger partial charge in [0.1, 0.15) is 23.1 Å². The largest absolute Gasteiger partial charge is 0.507 e. The number of ether oxygens (including phenoxy) is 3. The molecule has 3 aromatic rings. The molecule has 0 spiro atoms. The van der Waals surface area contributed by atoms with E-state index in [9.17, 15) is 23.5 Å². The fourth-order valence-corrected chi connectivity index (χ4v) is 4.23. The summed E-state index contributed by atoms with van der Waals surface area (Å²) in [5.74, 6) is -3.08. The summed E-state index contributed by atoms with van der Waals surface area (Å²) in [5, 5.41) is 11.2. The molecule has 1 atom stereocenters. The second kappa shape index (κ2) is 10.7. The lowest BCUT2D eigenvalue weighted by Crippen LogP contribution is -2.30. The second-order valence-electron chi connectivity index (χ2n) is 8.07. The van der Waals surface area contributed by atoms with Crippen LogP contribution in [0, 0.1) is 11.6 Å². The summed E-state index contributed by atoms with van der Waals surface area (Å²) in [6, 6.07) is 12.3. The maximum Gasteiger partial charge on any atom is 0.300 e. The zero-order valence-corrected chi connectivity index (χ0v) is 20.5. The first-order valence-electron chi connectivity index (χ1n) is 11.6. The highest BCUT2D eigenvalue weighted by molar-refractivity contribution is 6.51. The van der Waals surface area contributed by atoms with Crippen LogP contribution in [0.15, 0.2) is 66.2 Å². The van der Waals surface area contributed by atoms with Gasteiger partial charge >= 0.3 is 0 Å². The number of halogens is 2. The van der Waals surface area contributed by atoms with Crippen LogP contribution in [-0.2, 0) is 9.59 Å². The molecule has 1 saturated heterocycles. The standard InChI is InChI=1S/C28H25F2NO6/c1-4-36-19-10-6-16(7-11-19)26(32)24-25(17-8-13-22(35-3)23(14-17)37-5-2)31(28(34)27(24)33)21-15-18(29)9-12-20(21)30/h6-15,25,32H,4-5H2,1-3H3/b26-24+. The normalized spacial score (nSPS) is 16.7. The Balaban J connectivity index is 1.95. The van der Waals surface area contributed by atoms with Crippen LogP contribution in [0.4, 0.5) is 14.5 Å². The molecule has 192 valence electrons. The van der Waals surface area contributed by atoms with Crippen molar-refractivity contribution in [1.82, 2.24) is 0 Å². The molecule has 1 N–H and O–H groups in total. The van der Waals surface area contributed by atoms with Crippen molar-refractivity contribution in [3.63, 3.8) is 0 Å². The van der Waals surface area contributed by atoms with Gasteiger partial charge in [0.15, 0.2) is 11.5 Å². The molecule has 1 aliphatic rings. The maximum absolute atomic E-state index is 14.9. The van der Waals surface area contributed by atoms with Gasteiger partial charge in [-0.3, -0.25) is 14.5 Å². The SMILES string of the molecule is CCOc1ccc(/C(O)=C2\C(=O)C(=O)N(c3cc(F)ccc3F)C2c2ccc(OC)c(OCC)c2)cc1. The van der Waals surface area contributed by atoms with Gasteiger partial charge in [-0.05, 0) is 67.9 Å². The van der Waals surface area contributed by atoms with Gasteiger partial charge < -0.3 is 19.3 Å². The quantitative estimate of drug-likeness (QED) is 0.249. The molecule has 7 nitrogen and oxygen atoms in total. The summed E-state index contributed by atoms with van der Waals surface area (Å²) in [6.07, 6.45) is 0. The topological polar surface area (TPSA) is 85.3 Å². The number of ketones is 1. The Hall–Kier alpha value is -4.40. The van der Waals surface area contributed by atoms with Crippen LogP contribution in [0.2, 0.25) is 0 Å². The number of methoxy groups -OCH3 is 1. The van der Waals surface area contributed by atoms with Crippen molar-refractivity contribution in [3.05, 3.63) is 89.0 Å². The van der Waals surface area contributed by atoms with E-state index in [-0.39, 0.29) is 11.1 Å². The van der Waals surface area contributed by atoms with E-state index in [1.807, 2.05) is 6.92 Å². The number of Topliss-reactive ketones (excluding diaryl/α,β-unsaturated/α-hetero) is 1. The summed E-state index contributed by atoms with van der Waals surface area (Å²) in [5.41, 5.74) is -0.165. The Bertz CT molecular complexity index is 1370. The van der Waals surface area contributed by atoms with Crippen LogP contribution >= 0.6 is 0 Å². The first kappa shape index (κ1) is 25.7. The predicted octanol–water partition coefficient (Wildman–Crippen LogP) is 5.40. The second-order valence-corrected chi connectivity index (χ2v) is 8.07. The summed E-state index contributed by atoms with van der Waals surface area (Å²) >= 11 is 0. The van der Waals surface area contributed by atoms with Crippen molar-refractivity contribution in [2.24, 2.45) is 0 Å². The van der Waals surface area contributed by atoms with E-state index in [4.69, 9.17) is 14.2 Å². The number of anilines is 1. The number of carbonyl (C=O) groups is 2. The first-order valence-corrected chi connectivity index (χ1v) is 11.6. The molecule has 0 radical (unpaired) electrons. The fraction of sp³-hybridized carbons (Fsp3) is 0.214. The number of rotatable bonds is 8. The summed E-state index contributed by atoms with van der Waals surface area (Å²) in [6.45, 7) is 4.33. The highest BCUT2D eigenvalue weighted by Crippen LogP contribution is 2.45. The van der Waals surface area contributed by atoms with Crippen LogP contribution in [0.3, 0.4) is 0 Å². The van der Waals surface area contributed by atoms with Gasteiger partial charge in [-0.1, -0.05) is 6.07 Å². The lowest BCUT2D eigenvalue weighted by Gasteiger charge is -2.26. The molecule has 0 aromatic heterocycles. The molecule has 0 bridgehead atoms. The van der Waals surface area contributed by atoms with E-state index >= 15 is 0 Å². The van der Waals surface area contributed by atoms with Crippen molar-refractivity contribution in [2.75, 3.05) is 25.2 Å². The van der Waals surface area contributed by atoms with Crippen LogP contribution in [-0.4, -0.2) is 37.1 Å². The van der Waals surface area contributed by atoms with Crippen molar-refractivity contribution >= 4 is 23.1 Å². The number of hydrogen-bond acceptors (Lipinski definition) is 6. The smallest absolute Gasteiger partial charge is 0.300 e. The Labute approximate surface area is 212 Å². The molecule has 0 saturated carbocycles. The van der Waals surface area contributed by atoms with Gasteiger partial charge in [0.05, 0.1) is 37.6 Å². The monoisotopic (exact) mass is 509 g/mol. The molecule has 0 aliphatic carbocycles. The number of hydrogen-bond donors (Lipinski definition) is 1. The van der Waals surface area contributed by atoms with Crippen LogP contribution < -0.4 is 19.1 Å². The zero-order chi connectivity index (χ0) is 26.7. The van der Waals surface area contributed by atoms with Gasteiger partial charge in [-0.25, -0.2) is 8.78 Å². The number of amides is 1. The minimum atomic E-state index is -1.28. The van der Waals surface area contributed by atoms with Crippen LogP contribution in [0.5, 0.6) is 17.2 Å². The molecular formula is C28H25F2NO6. The molecule has 1 heterocycles. The Morgan fingerprint density at radius 2 is 1.62 bits per heavy atom. The molecule has 37 heavy (non-hydrogen) atoms. The maximum atomic E-state index is 14.9. The van der Waals surface area contributed by atoms with E-state index in [0.29, 0.717) is 36.0 Å². The molecule has 1 aliphatic heterocycles. The molecule has 1 unspecified atom stereocenters. The van der Waals surface area contributed by atoms with E-state index in [0.717, 1.165) is 23.1 Å². The summed E-state index contributed by atoms with van der Waals surface area (Å²) in [4.78, 5) is 27.4. The summed E-state index contributed by atoms with van der Waals surface area (Å²) in [7, 11) is 1.46. The minimum absolute atomic E-state index is 0.240. The lowest BCUT2D eigenvalue weighted by molar-refractivity contribution is -0.132. The van der Waals surface area contributed by atoms with Gasteiger partial charge in [-0.2, -0.15) is 0 Å². The molecule has 1 fully saturated rings. The first-order chi connectivity index (χ1) is 17.8. The lowest BCUT2D eigenvalue weighted by atomic mass is 9.94. The van der Waals surface area contributed by atoms with Crippen LogP contribution in [0.1, 0.15) is 31.0 Å². The van der Waals surface area contributed by atoms with Gasteiger partial charge in [-0.15, -0.1) is 0 Å². The van der Waals surface area contributed by atoms with Crippen molar-refractivity contribution in [1.29, 1.82) is 0 Å². The van der Waals surface area contributed by atoms with Crippen LogP contribution in [0.25, 0.3) is 5.76 Å². The van der Waals surface area contributed by atoms with Gasteiger partial charge in [0, 0.05) is 11.6 Å². The van der Waals surface area contributed by atoms with E-state index in [1.54, 1.807) is 31.2 Å². The number of nitrogens with zero attached hydrogens (tertiary/aromatic N) is 1. The van der Waals surface area contributed by atoms with E-state index < -0.39 is 40.8 Å². The molecule has 1 amide bonds. The average Bonchev–Trinajstić information content (AvgIpc) is 3.16. The van der Waals surface area contributed by atoms with E-state index in [1.165, 1.54) is 25.3 Å². The van der Waals surface area contributed by atoms with Crippen molar-refractivity contribution in [3.8, 4) is 17.2 Å². The minimum Gasteiger partial charge on any atom is -0.507 e. The van der Waals surface area contributed by atoms with E-state index in [2.05, 4.69) is 0 Å². The highest BCUT2D eigenvalue weighted by Gasteiger charge is 2.48. The Morgan fingerprint density at radius 1 is 0.919 bits per heavy atom. The average molecular weight is 510 g/mol. The molecular weight excluding hydrogens is 484 g/mol. The van der Waals surface area contributed by atoms with Gasteiger partial charge in [0.25, 0.3) is 11.7 Å². The summed E-state index contributed by atoms with van der Waals surface area (Å²) < 4.78 is 45.4. The highest BCUT2D eigenvalue weighted by atomic mass is 19.1. The van der Waals surface area contributed by atoms with Gasteiger partial charge in [0.2, 0.25) is 0 Å². The predicted molar refractivity (Wildman–Crippen MR) is 133 cm³/mol. The third-order valence-corrected chi connectivity index (χ3v) is 5.85. The molecule has 9 heteroatoms. The third kappa shape index (κ3) is 4.84. The third-order valence-electron chi connectivity index (χ3n) is 5.85. The number of aliphatic hydroxyl groups excluding tert-OH is 1. The van der Waals surface area contributed by atoms with Crippen molar-refractivity contribution in [2.45, 2.75) is 19.9 Å². The number of carbonyl (C=O) groups excluding carboxylic acids is 2. The fourth-order valence-electron chi connectivity index (χ4n) is 4.23. The van der Waals surface area contributed by atoms with Crippen molar-refractivity contribution < 1.29 is 37.7 Å². The molecule has 4 rings (SSSR count). The molecule has 3 aromatic carbocycles. The zero-order valence-electron chi connectivity index (χ0n) is 20.5. The Morgan fingerprint density at radius 3 is 2.27 bits per heavy atom. The number of benzene rings is 3.